The maximum atomic E-state index is 5.38. The van der Waals surface area contributed by atoms with Gasteiger partial charge in [0.05, 0.1) is 0 Å². The van der Waals surface area contributed by atoms with Crippen molar-refractivity contribution in [1.82, 2.24) is 9.97 Å². The molecule has 0 fully saturated rings. The molecule has 2 unspecified atom stereocenters. The van der Waals surface area contributed by atoms with E-state index in [-0.39, 0.29) is 21.1 Å². The van der Waals surface area contributed by atoms with E-state index in [1.807, 2.05) is 0 Å². The van der Waals surface area contributed by atoms with Crippen molar-refractivity contribution < 1.29 is 21.1 Å². The average Bonchev–Trinajstić information content (AvgIpc) is 3.61. The van der Waals surface area contributed by atoms with E-state index >= 15 is 0 Å². The number of nitrogens with zero attached hydrogens (tertiary/aromatic N) is 2. The van der Waals surface area contributed by atoms with Gasteiger partial charge in [0.15, 0.2) is 0 Å². The van der Waals surface area contributed by atoms with Crippen LogP contribution >= 0.6 is 0 Å². The van der Waals surface area contributed by atoms with Gasteiger partial charge in [-0.1, -0.05) is 91.5 Å². The van der Waals surface area contributed by atoms with Crippen LogP contribution in [0.3, 0.4) is 0 Å². The Bertz CT molecular complexity index is 1450. The number of hydrogen-bond acceptors (Lipinski definition) is 2. The zero-order chi connectivity index (χ0) is 27.1. The average molecular weight is 700 g/mol. The molecule has 2 aromatic carbocycles. The second kappa shape index (κ2) is 12.1. The molecular weight excluding hydrogens is 655 g/mol. The minimum atomic E-state index is 0. The number of allylic oxidation sites excluding steroid dienone is 2. The summed E-state index contributed by atoms with van der Waals surface area (Å²) >= 11 is 0. The summed E-state index contributed by atoms with van der Waals surface area (Å²) in [5.74, 6) is 0.944. The molecule has 2 atom stereocenters. The SMILES string of the molecule is CCc1c(CC)c2cc3nc(cc4[cH-]c(cc5nc(cc1[cH-]2)C(C)=C5C)c(CC)c4CC)C(CC)C3CC.[Pt+2]. The van der Waals surface area contributed by atoms with E-state index in [2.05, 4.69) is 91.8 Å². The molecule has 0 saturated carbocycles. The van der Waals surface area contributed by atoms with Crippen molar-refractivity contribution in [1.29, 1.82) is 0 Å². The normalized spacial score (nSPS) is 17.0. The molecule has 39 heavy (non-hydrogen) atoms. The van der Waals surface area contributed by atoms with Gasteiger partial charge in [-0.15, -0.1) is 55.9 Å². The second-order valence-electron chi connectivity index (χ2n) is 11.1. The number of hydrogen-bond donors (Lipinski definition) is 0. The van der Waals surface area contributed by atoms with Gasteiger partial charge in [-0.05, 0) is 37.8 Å². The first-order chi connectivity index (χ1) is 18.4. The Labute approximate surface area is 250 Å². The summed E-state index contributed by atoms with van der Waals surface area (Å²) in [4.78, 5) is 10.6. The summed E-state index contributed by atoms with van der Waals surface area (Å²) in [5.41, 5.74) is 13.2. The zero-order valence-electron chi connectivity index (χ0n) is 25.1. The number of aryl methyl sites for hydroxylation is 4. The fourth-order valence-electron chi connectivity index (χ4n) is 7.13. The van der Waals surface area contributed by atoms with Gasteiger partial charge in [-0.2, -0.15) is 0 Å². The molecule has 8 bridgehead atoms. The summed E-state index contributed by atoms with van der Waals surface area (Å²) in [6.07, 6.45) is 6.37. The molecule has 5 rings (SSSR count). The first kappa shape index (κ1) is 29.7. The standard InChI is InChI=1S/C36H44N2.Pt/c1-9-27-23-15-25(29(27)11-3)19-35-31(13-5)32(14-6)36(38-35)20-26-16-24(28(10-2)30(26)12-4)18-34-22(8)21(7)33(17-23)37-34;/h15-20,31-32H,9-14H2,1-8H3;/q-2;+2. The largest absolute Gasteiger partial charge is 2.00 e. The van der Waals surface area contributed by atoms with Crippen LogP contribution in [0.5, 0.6) is 0 Å². The summed E-state index contributed by atoms with van der Waals surface area (Å²) in [5, 5.41) is 5.34. The van der Waals surface area contributed by atoms with E-state index in [9.17, 15) is 0 Å². The van der Waals surface area contributed by atoms with Crippen molar-refractivity contribution >= 4 is 32.7 Å². The molecule has 2 nitrogen and oxygen atoms in total. The summed E-state index contributed by atoms with van der Waals surface area (Å²) in [7, 11) is 0. The van der Waals surface area contributed by atoms with Gasteiger partial charge in [0.1, 0.15) is 0 Å². The van der Waals surface area contributed by atoms with E-state index in [4.69, 9.17) is 9.97 Å². The molecule has 1 aromatic heterocycles. The number of fused-ring (bicyclic) bond motifs is 8. The van der Waals surface area contributed by atoms with Crippen LogP contribution in [0.2, 0.25) is 0 Å². The Balaban J connectivity index is 0.00000353. The predicted molar refractivity (Wildman–Crippen MR) is 165 cm³/mol. The van der Waals surface area contributed by atoms with Gasteiger partial charge >= 0.3 is 21.1 Å². The first-order valence-corrected chi connectivity index (χ1v) is 15.0. The van der Waals surface area contributed by atoms with Crippen molar-refractivity contribution in [2.75, 3.05) is 0 Å². The Morgan fingerprint density at radius 2 is 0.872 bits per heavy atom. The Hall–Kier alpha value is -2.31. The molecular formula is C36H44N2Pt. The van der Waals surface area contributed by atoms with E-state index in [1.54, 1.807) is 0 Å². The molecule has 0 saturated heterocycles. The minimum Gasteiger partial charge on any atom is -0.273 e. The van der Waals surface area contributed by atoms with E-state index in [0.29, 0.717) is 11.8 Å². The molecule has 208 valence electrons. The van der Waals surface area contributed by atoms with Gasteiger partial charge in [0.25, 0.3) is 0 Å². The Morgan fingerprint density at radius 3 is 1.18 bits per heavy atom. The monoisotopic (exact) mass is 699 g/mol. The van der Waals surface area contributed by atoms with Crippen LogP contribution in [0.4, 0.5) is 0 Å². The van der Waals surface area contributed by atoms with E-state index < -0.39 is 0 Å². The molecule has 2 aliphatic rings. The first-order valence-electron chi connectivity index (χ1n) is 15.0. The van der Waals surface area contributed by atoms with Crippen molar-refractivity contribution in [3.05, 3.63) is 81.4 Å². The smallest absolute Gasteiger partial charge is 0.273 e. The Morgan fingerprint density at radius 1 is 0.538 bits per heavy atom. The third-order valence-electron chi connectivity index (χ3n) is 9.31. The predicted octanol–water partition coefficient (Wildman–Crippen LogP) is 9.98. The topological polar surface area (TPSA) is 25.8 Å². The van der Waals surface area contributed by atoms with Gasteiger partial charge in [-0.3, -0.25) is 9.97 Å². The molecule has 0 spiro atoms. The third kappa shape index (κ3) is 5.04. The maximum absolute atomic E-state index is 5.38. The molecule has 0 N–H and O–H groups in total. The van der Waals surface area contributed by atoms with Gasteiger partial charge < -0.3 is 0 Å². The van der Waals surface area contributed by atoms with Crippen LogP contribution in [0, 0.1) is 0 Å². The molecule has 3 heteroatoms. The molecule has 0 amide bonds. The van der Waals surface area contributed by atoms with Gasteiger partial charge in [0, 0.05) is 34.6 Å². The van der Waals surface area contributed by atoms with E-state index in [0.717, 1.165) is 49.9 Å². The van der Waals surface area contributed by atoms with Crippen LogP contribution in [-0.2, 0) is 46.7 Å². The van der Waals surface area contributed by atoms with Crippen molar-refractivity contribution in [3.63, 3.8) is 0 Å². The number of rotatable bonds is 6. The van der Waals surface area contributed by atoms with Crippen LogP contribution in [0.25, 0.3) is 32.7 Å². The van der Waals surface area contributed by atoms with Crippen LogP contribution in [0.1, 0.15) is 125 Å². The summed E-state index contributed by atoms with van der Waals surface area (Å²) in [6.45, 7) is 18.3. The molecule has 0 aliphatic carbocycles. The molecule has 3 heterocycles. The maximum Gasteiger partial charge on any atom is 2.00 e. The quantitative estimate of drug-likeness (QED) is 0.240. The summed E-state index contributed by atoms with van der Waals surface area (Å²) < 4.78 is 0. The summed E-state index contributed by atoms with van der Waals surface area (Å²) in [6, 6.07) is 14.3. The number of aromatic nitrogens is 2. The fourth-order valence-corrected chi connectivity index (χ4v) is 7.13. The van der Waals surface area contributed by atoms with Crippen LogP contribution in [0.15, 0.2) is 36.4 Å². The molecule has 3 aromatic rings. The van der Waals surface area contributed by atoms with Gasteiger partial charge in [-0.25, -0.2) is 0 Å². The molecule has 0 radical (unpaired) electrons. The Kier molecular flexibility index (Phi) is 9.17. The van der Waals surface area contributed by atoms with Crippen LogP contribution < -0.4 is 0 Å². The zero-order valence-corrected chi connectivity index (χ0v) is 27.3. The third-order valence-corrected chi connectivity index (χ3v) is 9.31. The van der Waals surface area contributed by atoms with Crippen molar-refractivity contribution in [2.24, 2.45) is 0 Å². The fraction of sp³-hybridized carbons (Fsp3) is 0.444. The minimum absolute atomic E-state index is 0. The molecule has 2 aliphatic heterocycles. The van der Waals surface area contributed by atoms with Crippen molar-refractivity contribution in [3.8, 4) is 0 Å². The van der Waals surface area contributed by atoms with Gasteiger partial charge in [0.2, 0.25) is 0 Å². The second-order valence-corrected chi connectivity index (χ2v) is 11.1. The van der Waals surface area contributed by atoms with Crippen LogP contribution in [-0.4, -0.2) is 9.97 Å². The van der Waals surface area contributed by atoms with Crippen molar-refractivity contribution in [2.45, 2.75) is 106 Å². The van der Waals surface area contributed by atoms with E-state index in [1.165, 1.54) is 66.3 Å².